The molecule has 0 aromatic heterocycles. The summed E-state index contributed by atoms with van der Waals surface area (Å²) in [6, 6.07) is 8.92. The van der Waals surface area contributed by atoms with Crippen molar-refractivity contribution in [1.29, 1.82) is 0 Å². The molecule has 2 unspecified atom stereocenters. The van der Waals surface area contributed by atoms with E-state index in [9.17, 15) is 0 Å². The van der Waals surface area contributed by atoms with Gasteiger partial charge in [-0.25, -0.2) is 0 Å². The minimum Gasteiger partial charge on any atom is -0.271 e. The molecular weight excluding hydrogens is 204 g/mol. The average molecular weight is 222 g/mol. The van der Waals surface area contributed by atoms with Gasteiger partial charge in [0.25, 0.3) is 0 Å². The van der Waals surface area contributed by atoms with Crippen molar-refractivity contribution in [2.75, 3.05) is 5.75 Å². The van der Waals surface area contributed by atoms with Crippen molar-refractivity contribution in [1.82, 2.24) is 5.43 Å². The van der Waals surface area contributed by atoms with Crippen molar-refractivity contribution in [3.63, 3.8) is 0 Å². The number of nitrogens with two attached hydrogens (primary N) is 1. The van der Waals surface area contributed by atoms with E-state index in [-0.39, 0.29) is 0 Å². The zero-order valence-electron chi connectivity index (χ0n) is 9.07. The van der Waals surface area contributed by atoms with Gasteiger partial charge in [-0.05, 0) is 31.1 Å². The van der Waals surface area contributed by atoms with E-state index < -0.39 is 0 Å². The first kappa shape index (κ1) is 11.0. The third-order valence-electron chi connectivity index (χ3n) is 2.92. The maximum absolute atomic E-state index is 5.67. The third kappa shape index (κ3) is 2.54. The molecule has 1 fully saturated rings. The van der Waals surface area contributed by atoms with E-state index in [0.29, 0.717) is 11.3 Å². The van der Waals surface area contributed by atoms with E-state index in [2.05, 4.69) is 36.6 Å². The lowest BCUT2D eigenvalue weighted by Crippen LogP contribution is -2.34. The molecule has 1 saturated heterocycles. The van der Waals surface area contributed by atoms with Gasteiger partial charge in [0.15, 0.2) is 0 Å². The van der Waals surface area contributed by atoms with Gasteiger partial charge in [-0.15, -0.1) is 0 Å². The fourth-order valence-corrected chi connectivity index (χ4v) is 3.54. The topological polar surface area (TPSA) is 38.0 Å². The van der Waals surface area contributed by atoms with Crippen LogP contribution in [0.5, 0.6) is 0 Å². The molecule has 3 heteroatoms. The van der Waals surface area contributed by atoms with Crippen LogP contribution in [0.2, 0.25) is 0 Å². The summed E-state index contributed by atoms with van der Waals surface area (Å²) in [5.41, 5.74) is 5.58. The number of rotatable bonds is 3. The van der Waals surface area contributed by atoms with E-state index in [1.165, 1.54) is 29.7 Å². The SMILES string of the molecule is Cc1cccc(C(NN)C2CCCS2)c1. The largest absolute Gasteiger partial charge is 0.271 e. The van der Waals surface area contributed by atoms with E-state index >= 15 is 0 Å². The molecular formula is C12H18N2S. The summed E-state index contributed by atoms with van der Waals surface area (Å²) >= 11 is 2.03. The van der Waals surface area contributed by atoms with E-state index in [1.54, 1.807) is 0 Å². The molecule has 0 bridgehead atoms. The van der Waals surface area contributed by atoms with Crippen molar-refractivity contribution >= 4 is 11.8 Å². The predicted molar refractivity (Wildman–Crippen MR) is 66.7 cm³/mol. The summed E-state index contributed by atoms with van der Waals surface area (Å²) in [5, 5.41) is 0.636. The monoisotopic (exact) mass is 222 g/mol. The number of nitrogens with one attached hydrogen (secondary N) is 1. The van der Waals surface area contributed by atoms with Gasteiger partial charge in [0.1, 0.15) is 0 Å². The predicted octanol–water partition coefficient (Wildman–Crippen LogP) is 2.40. The molecule has 2 rings (SSSR count). The Kier molecular flexibility index (Phi) is 3.67. The normalized spacial score (nSPS) is 22.9. The summed E-state index contributed by atoms with van der Waals surface area (Å²) < 4.78 is 0. The molecule has 1 aliphatic heterocycles. The molecule has 82 valence electrons. The number of hydrazine groups is 1. The molecule has 2 nitrogen and oxygen atoms in total. The van der Waals surface area contributed by atoms with Gasteiger partial charge in [-0.3, -0.25) is 11.3 Å². The van der Waals surface area contributed by atoms with Crippen molar-refractivity contribution in [2.24, 2.45) is 5.84 Å². The van der Waals surface area contributed by atoms with Gasteiger partial charge in [0, 0.05) is 5.25 Å². The average Bonchev–Trinajstić information content (AvgIpc) is 2.72. The molecule has 0 spiro atoms. The van der Waals surface area contributed by atoms with E-state index in [0.717, 1.165) is 0 Å². The van der Waals surface area contributed by atoms with Crippen molar-refractivity contribution in [2.45, 2.75) is 31.1 Å². The Labute approximate surface area is 95.6 Å². The number of hydrogen-bond donors (Lipinski definition) is 2. The molecule has 1 heterocycles. The second-order valence-corrected chi connectivity index (χ2v) is 5.46. The highest BCUT2D eigenvalue weighted by atomic mass is 32.2. The molecule has 1 aromatic carbocycles. The van der Waals surface area contributed by atoms with Crippen LogP contribution in [0.15, 0.2) is 24.3 Å². The first-order valence-corrected chi connectivity index (χ1v) is 6.50. The Morgan fingerprint density at radius 2 is 2.40 bits per heavy atom. The van der Waals surface area contributed by atoms with Crippen LogP contribution in [0.25, 0.3) is 0 Å². The second-order valence-electron chi connectivity index (χ2n) is 4.11. The maximum Gasteiger partial charge on any atom is 0.0578 e. The van der Waals surface area contributed by atoms with E-state index in [4.69, 9.17) is 5.84 Å². The molecule has 0 saturated carbocycles. The first-order valence-electron chi connectivity index (χ1n) is 5.45. The highest BCUT2D eigenvalue weighted by Crippen LogP contribution is 2.35. The first-order chi connectivity index (χ1) is 7.31. The number of aryl methyl sites for hydroxylation is 1. The Balaban J connectivity index is 2.18. The minimum atomic E-state index is 0.303. The highest BCUT2D eigenvalue weighted by Gasteiger charge is 2.25. The molecule has 0 radical (unpaired) electrons. The van der Waals surface area contributed by atoms with Crippen LogP contribution in [0.4, 0.5) is 0 Å². The van der Waals surface area contributed by atoms with Crippen molar-refractivity contribution in [3.8, 4) is 0 Å². The Morgan fingerprint density at radius 3 is 3.00 bits per heavy atom. The smallest absolute Gasteiger partial charge is 0.0578 e. The standard InChI is InChI=1S/C12H18N2S/c1-9-4-2-5-10(8-9)12(14-13)11-6-3-7-15-11/h2,4-5,8,11-12,14H,3,6-7,13H2,1H3. The molecule has 3 N–H and O–H groups in total. The third-order valence-corrected chi connectivity index (χ3v) is 4.38. The number of thioether (sulfide) groups is 1. The zero-order chi connectivity index (χ0) is 10.7. The summed E-state index contributed by atoms with van der Waals surface area (Å²) in [6.07, 6.45) is 2.59. The van der Waals surface area contributed by atoms with E-state index in [1.807, 2.05) is 11.8 Å². The lowest BCUT2D eigenvalue weighted by atomic mass is 10.00. The second kappa shape index (κ2) is 5.01. The fraction of sp³-hybridized carbons (Fsp3) is 0.500. The minimum absolute atomic E-state index is 0.303. The Hall–Kier alpha value is -0.510. The zero-order valence-corrected chi connectivity index (χ0v) is 9.89. The van der Waals surface area contributed by atoms with Crippen LogP contribution in [0.1, 0.15) is 30.0 Å². The van der Waals surface area contributed by atoms with Crippen LogP contribution in [-0.4, -0.2) is 11.0 Å². The lowest BCUT2D eigenvalue weighted by Gasteiger charge is -2.22. The highest BCUT2D eigenvalue weighted by molar-refractivity contribution is 8.00. The van der Waals surface area contributed by atoms with Crippen LogP contribution in [0.3, 0.4) is 0 Å². The molecule has 1 aromatic rings. The van der Waals surface area contributed by atoms with Gasteiger partial charge in [-0.1, -0.05) is 29.8 Å². The van der Waals surface area contributed by atoms with Gasteiger partial charge in [-0.2, -0.15) is 11.8 Å². The fourth-order valence-electron chi connectivity index (χ4n) is 2.15. The van der Waals surface area contributed by atoms with Gasteiger partial charge in [0.2, 0.25) is 0 Å². The molecule has 0 amide bonds. The Bertz CT molecular complexity index is 321. The summed E-state index contributed by atoms with van der Waals surface area (Å²) in [6.45, 7) is 2.12. The summed E-state index contributed by atoms with van der Waals surface area (Å²) in [4.78, 5) is 0. The maximum atomic E-state index is 5.67. The molecule has 2 atom stereocenters. The summed E-state index contributed by atoms with van der Waals surface area (Å²) in [5.74, 6) is 6.94. The Morgan fingerprint density at radius 1 is 1.53 bits per heavy atom. The molecule has 1 aliphatic rings. The molecule has 15 heavy (non-hydrogen) atoms. The number of benzene rings is 1. The quantitative estimate of drug-likeness (QED) is 0.609. The van der Waals surface area contributed by atoms with Crippen molar-refractivity contribution < 1.29 is 0 Å². The van der Waals surface area contributed by atoms with Gasteiger partial charge in [0.05, 0.1) is 6.04 Å². The van der Waals surface area contributed by atoms with Crippen molar-refractivity contribution in [3.05, 3.63) is 35.4 Å². The van der Waals surface area contributed by atoms with Crippen LogP contribution >= 0.6 is 11.8 Å². The van der Waals surface area contributed by atoms with Crippen LogP contribution in [0, 0.1) is 6.92 Å². The van der Waals surface area contributed by atoms with Crippen LogP contribution < -0.4 is 11.3 Å². The number of hydrogen-bond acceptors (Lipinski definition) is 3. The van der Waals surface area contributed by atoms with Crippen LogP contribution in [-0.2, 0) is 0 Å². The van der Waals surface area contributed by atoms with Gasteiger partial charge < -0.3 is 0 Å². The molecule has 0 aliphatic carbocycles. The van der Waals surface area contributed by atoms with Gasteiger partial charge >= 0.3 is 0 Å². The lowest BCUT2D eigenvalue weighted by molar-refractivity contribution is 0.520. The summed E-state index contributed by atoms with van der Waals surface area (Å²) in [7, 11) is 0.